The van der Waals surface area contributed by atoms with Gasteiger partial charge in [-0.2, -0.15) is 0 Å². The largest absolute Gasteiger partial charge is 0.478 e. The molecular formula is C11H9N3O4. The first-order valence-electron chi connectivity index (χ1n) is 4.99. The number of benzene rings is 1. The van der Waals surface area contributed by atoms with Gasteiger partial charge in [0.1, 0.15) is 0 Å². The van der Waals surface area contributed by atoms with Crippen molar-refractivity contribution in [2.24, 2.45) is 0 Å². The van der Waals surface area contributed by atoms with Gasteiger partial charge in [0.25, 0.3) is 0 Å². The first-order valence-corrected chi connectivity index (χ1v) is 4.99. The summed E-state index contributed by atoms with van der Waals surface area (Å²) in [4.78, 5) is 22.2. The summed E-state index contributed by atoms with van der Waals surface area (Å²) in [7, 11) is 0. The molecule has 0 fully saturated rings. The van der Waals surface area contributed by atoms with Crippen molar-refractivity contribution in [2.75, 3.05) is 0 Å². The maximum absolute atomic E-state index is 11.3. The molecule has 0 radical (unpaired) electrons. The van der Waals surface area contributed by atoms with Gasteiger partial charge in [-0.25, -0.2) is 14.3 Å². The molecule has 2 N–H and O–H groups in total. The summed E-state index contributed by atoms with van der Waals surface area (Å²) >= 11 is 0. The zero-order chi connectivity index (χ0) is 13.3. The van der Waals surface area contributed by atoms with E-state index in [1.54, 1.807) is 0 Å². The number of carbonyl (C=O) groups is 2. The summed E-state index contributed by atoms with van der Waals surface area (Å²) in [6, 6.07) is 2.75. The van der Waals surface area contributed by atoms with Gasteiger partial charge in [-0.1, -0.05) is 5.21 Å². The molecule has 0 aliphatic heterocycles. The van der Waals surface area contributed by atoms with Gasteiger partial charge in [-0.3, -0.25) is 0 Å². The summed E-state index contributed by atoms with van der Waals surface area (Å²) in [5.41, 5.74) is 0.321. The van der Waals surface area contributed by atoms with Crippen LogP contribution in [0.1, 0.15) is 26.3 Å². The van der Waals surface area contributed by atoms with E-state index in [1.165, 1.54) is 36.1 Å². The molecule has 0 aliphatic carbocycles. The second-order valence-corrected chi connectivity index (χ2v) is 3.59. The van der Waals surface area contributed by atoms with Crippen LogP contribution in [0.2, 0.25) is 0 Å². The van der Waals surface area contributed by atoms with E-state index in [9.17, 15) is 14.7 Å². The van der Waals surface area contributed by atoms with Crippen LogP contribution < -0.4 is 0 Å². The highest BCUT2D eigenvalue weighted by atomic mass is 16.4. The number of hydrogen-bond acceptors (Lipinski definition) is 4. The summed E-state index contributed by atoms with van der Waals surface area (Å²) in [6.45, 7) is 1.45. The second-order valence-electron chi connectivity index (χ2n) is 3.59. The molecule has 0 saturated carbocycles. The lowest BCUT2D eigenvalue weighted by molar-refractivity contribution is 0.0695. The van der Waals surface area contributed by atoms with Crippen LogP contribution in [-0.2, 0) is 0 Å². The van der Waals surface area contributed by atoms with Crippen LogP contribution in [0.5, 0.6) is 0 Å². The maximum Gasteiger partial charge on any atom is 0.338 e. The highest BCUT2D eigenvalue weighted by Gasteiger charge is 2.20. The molecule has 1 heterocycles. The molecule has 0 spiro atoms. The quantitative estimate of drug-likeness (QED) is 0.837. The number of carboxylic acid groups (broad SMARTS) is 2. The number of aromatic nitrogens is 3. The van der Waals surface area contributed by atoms with Crippen molar-refractivity contribution >= 4 is 11.9 Å². The Morgan fingerprint density at radius 1 is 1.22 bits per heavy atom. The molecule has 1 aromatic heterocycles. The van der Waals surface area contributed by atoms with E-state index in [1.807, 2.05) is 0 Å². The first kappa shape index (κ1) is 11.8. The lowest BCUT2D eigenvalue weighted by Crippen LogP contribution is -2.12. The fourth-order valence-corrected chi connectivity index (χ4v) is 1.73. The van der Waals surface area contributed by atoms with E-state index < -0.39 is 11.9 Å². The van der Waals surface area contributed by atoms with E-state index in [-0.39, 0.29) is 22.4 Å². The van der Waals surface area contributed by atoms with Crippen LogP contribution in [0.15, 0.2) is 24.5 Å². The Hall–Kier alpha value is -2.70. The normalized spacial score (nSPS) is 10.3. The molecule has 18 heavy (non-hydrogen) atoms. The summed E-state index contributed by atoms with van der Waals surface area (Å²) < 4.78 is 1.28. The maximum atomic E-state index is 11.3. The lowest BCUT2D eigenvalue weighted by atomic mass is 10.0. The van der Waals surface area contributed by atoms with E-state index in [0.29, 0.717) is 0 Å². The zero-order valence-electron chi connectivity index (χ0n) is 9.36. The van der Waals surface area contributed by atoms with Gasteiger partial charge >= 0.3 is 11.9 Å². The van der Waals surface area contributed by atoms with Crippen LogP contribution >= 0.6 is 0 Å². The van der Waals surface area contributed by atoms with Crippen LogP contribution in [0, 0.1) is 6.92 Å². The van der Waals surface area contributed by atoms with Crippen LogP contribution in [-0.4, -0.2) is 37.1 Å². The minimum absolute atomic E-state index is 0.0451. The molecule has 7 nitrogen and oxygen atoms in total. The third-order valence-electron chi connectivity index (χ3n) is 2.56. The Bertz CT molecular complexity index is 619. The molecule has 0 saturated heterocycles. The highest BCUT2D eigenvalue weighted by molar-refractivity contribution is 5.99. The summed E-state index contributed by atoms with van der Waals surface area (Å²) in [5, 5.41) is 25.5. The standard InChI is InChI=1S/C11H9N3O4/c1-6-7(10(15)16)2-3-8(9(6)11(17)18)14-5-4-12-13-14/h2-5H,1H3,(H,15,16)(H,17,18). The zero-order valence-corrected chi connectivity index (χ0v) is 9.36. The monoisotopic (exact) mass is 247 g/mol. The van der Waals surface area contributed by atoms with Crippen molar-refractivity contribution < 1.29 is 19.8 Å². The predicted molar refractivity (Wildman–Crippen MR) is 60.0 cm³/mol. The predicted octanol–water partition coefficient (Wildman–Crippen LogP) is 0.972. The number of nitrogens with zero attached hydrogens (tertiary/aromatic N) is 3. The Morgan fingerprint density at radius 2 is 1.94 bits per heavy atom. The number of aromatic carboxylic acids is 2. The topological polar surface area (TPSA) is 105 Å². The molecule has 0 bridgehead atoms. The summed E-state index contributed by atoms with van der Waals surface area (Å²) in [6.07, 6.45) is 2.90. The van der Waals surface area contributed by atoms with E-state index in [4.69, 9.17) is 5.11 Å². The van der Waals surface area contributed by atoms with Crippen molar-refractivity contribution in [3.63, 3.8) is 0 Å². The van der Waals surface area contributed by atoms with E-state index in [2.05, 4.69) is 10.3 Å². The van der Waals surface area contributed by atoms with Crippen LogP contribution in [0.3, 0.4) is 0 Å². The molecule has 0 unspecified atom stereocenters. The Kier molecular flexibility index (Phi) is 2.80. The van der Waals surface area contributed by atoms with E-state index in [0.717, 1.165) is 0 Å². The van der Waals surface area contributed by atoms with Crippen molar-refractivity contribution in [3.05, 3.63) is 41.2 Å². The lowest BCUT2D eigenvalue weighted by Gasteiger charge is -2.10. The van der Waals surface area contributed by atoms with Gasteiger partial charge in [0, 0.05) is 0 Å². The fourth-order valence-electron chi connectivity index (χ4n) is 1.73. The van der Waals surface area contributed by atoms with Gasteiger partial charge in [0.15, 0.2) is 0 Å². The van der Waals surface area contributed by atoms with Gasteiger partial charge < -0.3 is 10.2 Å². The first-order chi connectivity index (χ1) is 8.52. The van der Waals surface area contributed by atoms with Crippen molar-refractivity contribution in [1.82, 2.24) is 15.0 Å². The number of hydrogen-bond donors (Lipinski definition) is 2. The Balaban J connectivity index is 2.73. The Labute approximate surface area is 101 Å². The SMILES string of the molecule is Cc1c(C(=O)O)ccc(-n2ccnn2)c1C(=O)O. The molecular weight excluding hydrogens is 238 g/mol. The minimum Gasteiger partial charge on any atom is -0.478 e. The molecule has 2 rings (SSSR count). The van der Waals surface area contributed by atoms with Crippen molar-refractivity contribution in [2.45, 2.75) is 6.92 Å². The minimum atomic E-state index is -1.21. The molecule has 2 aromatic rings. The average molecular weight is 247 g/mol. The highest BCUT2D eigenvalue weighted by Crippen LogP contribution is 2.21. The third-order valence-corrected chi connectivity index (χ3v) is 2.56. The molecule has 7 heteroatoms. The van der Waals surface area contributed by atoms with Gasteiger partial charge in [0.2, 0.25) is 0 Å². The molecule has 0 amide bonds. The van der Waals surface area contributed by atoms with Crippen LogP contribution in [0.4, 0.5) is 0 Å². The van der Waals surface area contributed by atoms with Gasteiger partial charge in [-0.05, 0) is 24.6 Å². The number of rotatable bonds is 3. The third kappa shape index (κ3) is 1.81. The van der Waals surface area contributed by atoms with E-state index >= 15 is 0 Å². The summed E-state index contributed by atoms with van der Waals surface area (Å²) in [5.74, 6) is -2.37. The molecule has 0 aliphatic rings. The Morgan fingerprint density at radius 3 is 2.44 bits per heavy atom. The van der Waals surface area contributed by atoms with Crippen LogP contribution in [0.25, 0.3) is 5.69 Å². The molecule has 92 valence electrons. The average Bonchev–Trinajstić information content (AvgIpc) is 2.80. The van der Waals surface area contributed by atoms with Crippen molar-refractivity contribution in [3.8, 4) is 5.69 Å². The number of carboxylic acids is 2. The molecule has 1 aromatic carbocycles. The second kappa shape index (κ2) is 4.28. The molecule has 0 atom stereocenters. The van der Waals surface area contributed by atoms with Crippen molar-refractivity contribution in [1.29, 1.82) is 0 Å². The fraction of sp³-hybridized carbons (Fsp3) is 0.0909. The van der Waals surface area contributed by atoms with Gasteiger partial charge in [0.05, 0.1) is 29.2 Å². The smallest absolute Gasteiger partial charge is 0.338 e. The van der Waals surface area contributed by atoms with Gasteiger partial charge in [-0.15, -0.1) is 5.10 Å².